The van der Waals surface area contributed by atoms with Crippen LogP contribution in [0.5, 0.6) is 0 Å². The van der Waals surface area contributed by atoms with E-state index in [1.165, 1.54) is 15.8 Å². The topological polar surface area (TPSA) is 34.4 Å². The number of hydrogen-bond acceptors (Lipinski definition) is 3. The number of fused-ring (bicyclic) bond motifs is 3. The molecule has 22 heavy (non-hydrogen) atoms. The molecule has 0 unspecified atom stereocenters. The summed E-state index contributed by atoms with van der Waals surface area (Å²) in [5, 5.41) is 0. The summed E-state index contributed by atoms with van der Waals surface area (Å²) in [5.41, 5.74) is 5.27. The minimum absolute atomic E-state index is 0.195. The third kappa shape index (κ3) is 1.96. The Kier molecular flexibility index (Phi) is 2.87. The van der Waals surface area contributed by atoms with Crippen molar-refractivity contribution in [2.45, 2.75) is 13.8 Å². The first-order chi connectivity index (χ1) is 10.6. The quantitative estimate of drug-likeness (QED) is 0.528. The highest BCUT2D eigenvalue weighted by Crippen LogP contribution is 2.32. The Hall–Kier alpha value is -2.46. The first kappa shape index (κ1) is 13.2. The van der Waals surface area contributed by atoms with Crippen LogP contribution in [-0.4, -0.2) is 9.38 Å². The highest BCUT2D eigenvalue weighted by Gasteiger charge is 2.13. The molecule has 0 amide bonds. The second-order valence-corrected chi connectivity index (χ2v) is 6.47. The lowest BCUT2D eigenvalue weighted by Crippen LogP contribution is -2.08. The van der Waals surface area contributed by atoms with Crippen molar-refractivity contribution < 1.29 is 0 Å². The van der Waals surface area contributed by atoms with Gasteiger partial charge in [-0.1, -0.05) is 47.7 Å². The average molecular weight is 306 g/mol. The molecule has 4 heteroatoms. The fourth-order valence-electron chi connectivity index (χ4n) is 2.91. The summed E-state index contributed by atoms with van der Waals surface area (Å²) in [6.45, 7) is 4.19. The molecule has 2 aromatic carbocycles. The van der Waals surface area contributed by atoms with Crippen LogP contribution in [0.3, 0.4) is 0 Å². The van der Waals surface area contributed by atoms with Crippen LogP contribution in [0, 0.1) is 13.8 Å². The zero-order chi connectivity index (χ0) is 15.3. The van der Waals surface area contributed by atoms with Crippen molar-refractivity contribution in [3.8, 4) is 11.3 Å². The van der Waals surface area contributed by atoms with Crippen LogP contribution in [0.25, 0.3) is 26.4 Å². The summed E-state index contributed by atoms with van der Waals surface area (Å²) in [6.07, 6.45) is 0. The Bertz CT molecular complexity index is 1060. The monoisotopic (exact) mass is 306 g/mol. The maximum atomic E-state index is 12.0. The molecule has 0 radical (unpaired) electrons. The lowest BCUT2D eigenvalue weighted by molar-refractivity contribution is 1.15. The van der Waals surface area contributed by atoms with Crippen LogP contribution in [0.1, 0.15) is 11.1 Å². The molecule has 0 saturated heterocycles. The molecule has 0 bridgehead atoms. The highest BCUT2D eigenvalue weighted by atomic mass is 32.1. The summed E-state index contributed by atoms with van der Waals surface area (Å²) >= 11 is 1.57. The summed E-state index contributed by atoms with van der Waals surface area (Å²) in [5.74, 6) is 0. The number of aryl methyl sites for hydroxylation is 2. The first-order valence-corrected chi connectivity index (χ1v) is 7.94. The Morgan fingerprint density at radius 2 is 1.82 bits per heavy atom. The summed E-state index contributed by atoms with van der Waals surface area (Å²) in [6, 6.07) is 15.9. The maximum Gasteiger partial charge on any atom is 0.274 e. The van der Waals surface area contributed by atoms with Gasteiger partial charge in [-0.15, -0.1) is 0 Å². The predicted octanol–water partition coefficient (Wildman–Crippen LogP) is 4.19. The molecule has 0 aliphatic rings. The summed E-state index contributed by atoms with van der Waals surface area (Å²) in [7, 11) is 0. The van der Waals surface area contributed by atoms with Gasteiger partial charge in [-0.05, 0) is 36.6 Å². The van der Waals surface area contributed by atoms with E-state index in [1.54, 1.807) is 17.4 Å². The van der Waals surface area contributed by atoms with E-state index in [0.717, 1.165) is 21.7 Å². The highest BCUT2D eigenvalue weighted by molar-refractivity contribution is 7.23. The Balaban J connectivity index is 2.23. The number of rotatable bonds is 1. The van der Waals surface area contributed by atoms with Crippen molar-refractivity contribution in [2.75, 3.05) is 0 Å². The van der Waals surface area contributed by atoms with Gasteiger partial charge in [0, 0.05) is 6.07 Å². The van der Waals surface area contributed by atoms with E-state index in [-0.39, 0.29) is 5.56 Å². The van der Waals surface area contributed by atoms with E-state index in [4.69, 9.17) is 0 Å². The van der Waals surface area contributed by atoms with E-state index in [1.807, 2.05) is 30.3 Å². The van der Waals surface area contributed by atoms with Crippen LogP contribution >= 0.6 is 11.3 Å². The normalized spacial score (nSPS) is 11.4. The van der Waals surface area contributed by atoms with Gasteiger partial charge in [-0.25, -0.2) is 0 Å². The number of aromatic nitrogens is 2. The number of benzene rings is 2. The molecular formula is C18H14N2OS. The van der Waals surface area contributed by atoms with E-state index < -0.39 is 0 Å². The molecule has 0 fully saturated rings. The molecule has 108 valence electrons. The third-order valence-corrected chi connectivity index (χ3v) is 4.99. The number of thiazole rings is 1. The molecule has 3 nitrogen and oxygen atoms in total. The molecule has 0 atom stereocenters. The van der Waals surface area contributed by atoms with Crippen molar-refractivity contribution in [3.63, 3.8) is 0 Å². The van der Waals surface area contributed by atoms with Gasteiger partial charge in [0.15, 0.2) is 4.96 Å². The lowest BCUT2D eigenvalue weighted by Gasteiger charge is -2.06. The van der Waals surface area contributed by atoms with Crippen molar-refractivity contribution in [3.05, 3.63) is 70.0 Å². The smallest absolute Gasteiger partial charge is 0.274 e. The van der Waals surface area contributed by atoms with Crippen molar-refractivity contribution in [2.24, 2.45) is 0 Å². The molecule has 0 aliphatic heterocycles. The Labute approximate surface area is 131 Å². The van der Waals surface area contributed by atoms with Crippen molar-refractivity contribution in [1.82, 2.24) is 9.38 Å². The van der Waals surface area contributed by atoms with E-state index in [9.17, 15) is 4.79 Å². The lowest BCUT2D eigenvalue weighted by atomic mass is 10.1. The molecule has 0 aliphatic carbocycles. The van der Waals surface area contributed by atoms with Crippen LogP contribution in [0.2, 0.25) is 0 Å². The second-order valence-electron chi connectivity index (χ2n) is 5.50. The molecule has 4 rings (SSSR count). The van der Waals surface area contributed by atoms with Crippen LogP contribution in [0.4, 0.5) is 0 Å². The minimum atomic E-state index is -0.195. The maximum absolute atomic E-state index is 12.0. The fourth-order valence-corrected chi connectivity index (χ4v) is 3.99. The molecule has 0 N–H and O–H groups in total. The largest absolute Gasteiger partial charge is 0.284 e. The van der Waals surface area contributed by atoms with Gasteiger partial charge < -0.3 is 0 Å². The third-order valence-electron chi connectivity index (χ3n) is 3.80. The Morgan fingerprint density at radius 1 is 1.05 bits per heavy atom. The predicted molar refractivity (Wildman–Crippen MR) is 91.8 cm³/mol. The summed E-state index contributed by atoms with van der Waals surface area (Å²) < 4.78 is 3.28. The van der Waals surface area contributed by atoms with E-state index in [2.05, 4.69) is 35.4 Å². The van der Waals surface area contributed by atoms with Crippen LogP contribution in [0.15, 0.2) is 53.3 Å². The first-order valence-electron chi connectivity index (χ1n) is 7.12. The zero-order valence-electron chi connectivity index (χ0n) is 12.3. The standard InChI is InChI=1S/C18H14N2OS/c1-11-8-12(2)17-15(9-11)20-14(13-6-4-3-5-7-13)10-16(21)19-18(20)22-17/h3-10H,1-2H3. The minimum Gasteiger partial charge on any atom is -0.284 e. The van der Waals surface area contributed by atoms with Gasteiger partial charge >= 0.3 is 0 Å². The van der Waals surface area contributed by atoms with Gasteiger partial charge in [0.05, 0.1) is 15.9 Å². The van der Waals surface area contributed by atoms with Gasteiger partial charge in [-0.3, -0.25) is 9.20 Å². The number of hydrogen-bond donors (Lipinski definition) is 0. The summed E-state index contributed by atoms with van der Waals surface area (Å²) in [4.78, 5) is 16.9. The SMILES string of the molecule is Cc1cc(C)c2sc3nc(=O)cc(-c4ccccc4)n3c2c1. The van der Waals surface area contributed by atoms with Gasteiger partial charge in [0.25, 0.3) is 5.56 Å². The Morgan fingerprint density at radius 3 is 2.59 bits per heavy atom. The van der Waals surface area contributed by atoms with Crippen molar-refractivity contribution in [1.29, 1.82) is 0 Å². The fraction of sp³-hybridized carbons (Fsp3) is 0.111. The second kappa shape index (κ2) is 4.78. The molecule has 4 aromatic rings. The molecule has 2 aromatic heterocycles. The van der Waals surface area contributed by atoms with Crippen LogP contribution in [-0.2, 0) is 0 Å². The van der Waals surface area contributed by atoms with Gasteiger partial charge in [-0.2, -0.15) is 4.98 Å². The molecular weight excluding hydrogens is 292 g/mol. The molecule has 2 heterocycles. The van der Waals surface area contributed by atoms with Crippen molar-refractivity contribution >= 4 is 26.5 Å². The van der Waals surface area contributed by atoms with Gasteiger partial charge in [0.2, 0.25) is 0 Å². The van der Waals surface area contributed by atoms with Crippen LogP contribution < -0.4 is 5.56 Å². The van der Waals surface area contributed by atoms with E-state index in [0.29, 0.717) is 0 Å². The zero-order valence-corrected chi connectivity index (χ0v) is 13.1. The average Bonchev–Trinajstić information content (AvgIpc) is 2.86. The van der Waals surface area contributed by atoms with E-state index >= 15 is 0 Å². The number of nitrogens with zero attached hydrogens (tertiary/aromatic N) is 2. The van der Waals surface area contributed by atoms with Gasteiger partial charge in [0.1, 0.15) is 0 Å². The molecule has 0 spiro atoms. The molecule has 0 saturated carbocycles.